The van der Waals surface area contributed by atoms with E-state index in [0.717, 1.165) is 18.6 Å². The molecule has 3 nitrogen and oxygen atoms in total. The molecule has 2 saturated heterocycles. The average molecular weight is 269 g/mol. The molecule has 0 spiro atoms. The van der Waals surface area contributed by atoms with Gasteiger partial charge in [-0.3, -0.25) is 9.80 Å². The van der Waals surface area contributed by atoms with Gasteiger partial charge in [0.2, 0.25) is 0 Å². The quantitative estimate of drug-likeness (QED) is 0.839. The van der Waals surface area contributed by atoms with E-state index in [1.807, 2.05) is 0 Å². The minimum absolute atomic E-state index is 0.285. The first-order valence-electron chi connectivity index (χ1n) is 7.54. The lowest BCUT2D eigenvalue weighted by Crippen LogP contribution is -2.56. The van der Waals surface area contributed by atoms with Gasteiger partial charge in [-0.25, -0.2) is 0 Å². The van der Waals surface area contributed by atoms with Crippen molar-refractivity contribution in [1.29, 1.82) is 0 Å². The van der Waals surface area contributed by atoms with Crippen molar-refractivity contribution in [1.82, 2.24) is 9.80 Å². The Morgan fingerprint density at radius 1 is 1.28 bits per heavy atom. The minimum atomic E-state index is 0.285. The second-order valence-corrected chi connectivity index (χ2v) is 7.56. The summed E-state index contributed by atoms with van der Waals surface area (Å²) in [7, 11) is 0. The molecular weight excluding hydrogens is 242 g/mol. The summed E-state index contributed by atoms with van der Waals surface area (Å²) in [4.78, 5) is 5.47. The van der Waals surface area contributed by atoms with Gasteiger partial charge in [-0.2, -0.15) is 11.8 Å². The Labute approximate surface area is 115 Å². The number of rotatable bonds is 3. The lowest BCUT2D eigenvalue weighted by Gasteiger charge is -2.40. The van der Waals surface area contributed by atoms with Crippen molar-refractivity contribution < 1.29 is 0 Å². The Hall–Kier alpha value is 0.230. The van der Waals surface area contributed by atoms with Crippen LogP contribution in [0.5, 0.6) is 0 Å². The van der Waals surface area contributed by atoms with Gasteiger partial charge in [0.05, 0.1) is 0 Å². The van der Waals surface area contributed by atoms with Crippen LogP contribution in [0.3, 0.4) is 0 Å². The smallest absolute Gasteiger partial charge is 0.0473 e. The van der Waals surface area contributed by atoms with E-state index in [9.17, 15) is 0 Å². The summed E-state index contributed by atoms with van der Waals surface area (Å²) in [5, 5.41) is 0. The van der Waals surface area contributed by atoms with Crippen LogP contribution in [0.4, 0.5) is 0 Å². The van der Waals surface area contributed by atoms with Gasteiger partial charge in [0, 0.05) is 43.0 Å². The van der Waals surface area contributed by atoms with Crippen LogP contribution in [0.1, 0.15) is 32.6 Å². The van der Waals surface area contributed by atoms with E-state index in [4.69, 9.17) is 5.73 Å². The van der Waals surface area contributed by atoms with Crippen molar-refractivity contribution in [3.63, 3.8) is 0 Å². The summed E-state index contributed by atoms with van der Waals surface area (Å²) in [6.07, 6.45) is 5.45. The van der Waals surface area contributed by atoms with Gasteiger partial charge in [-0.05, 0) is 44.9 Å². The Morgan fingerprint density at radius 3 is 2.83 bits per heavy atom. The van der Waals surface area contributed by atoms with Crippen molar-refractivity contribution in [2.75, 3.05) is 37.7 Å². The predicted octanol–water partition coefficient (Wildman–Crippen LogP) is 1.38. The second-order valence-electron chi connectivity index (χ2n) is 6.34. The third-order valence-corrected chi connectivity index (χ3v) is 6.06. The first-order chi connectivity index (χ1) is 8.75. The molecule has 4 heteroatoms. The molecular formula is C14H27N3S. The fourth-order valence-corrected chi connectivity index (χ4v) is 4.74. The van der Waals surface area contributed by atoms with Crippen LogP contribution in [0, 0.1) is 0 Å². The van der Waals surface area contributed by atoms with Gasteiger partial charge < -0.3 is 5.73 Å². The van der Waals surface area contributed by atoms with Crippen molar-refractivity contribution >= 4 is 11.8 Å². The molecule has 0 aromatic heterocycles. The zero-order valence-corrected chi connectivity index (χ0v) is 12.4. The Balaban J connectivity index is 1.73. The highest BCUT2D eigenvalue weighted by atomic mass is 32.2. The third kappa shape index (κ3) is 2.45. The van der Waals surface area contributed by atoms with Crippen LogP contribution in [0.25, 0.3) is 0 Å². The van der Waals surface area contributed by atoms with E-state index >= 15 is 0 Å². The molecule has 0 amide bonds. The molecule has 3 fully saturated rings. The first kappa shape index (κ1) is 13.2. The van der Waals surface area contributed by atoms with Gasteiger partial charge >= 0.3 is 0 Å². The molecule has 0 radical (unpaired) electrons. The number of hydrogen-bond donors (Lipinski definition) is 1. The summed E-state index contributed by atoms with van der Waals surface area (Å²) >= 11 is 2.11. The second kappa shape index (κ2) is 5.31. The third-order valence-electron chi connectivity index (χ3n) is 5.01. The molecule has 2 heterocycles. The SMILES string of the molecule is CC1CC(CN)(N2CCCSCC2)CN1C1CC1. The average Bonchev–Trinajstić information content (AvgIpc) is 3.18. The fraction of sp³-hybridized carbons (Fsp3) is 1.00. The molecule has 18 heavy (non-hydrogen) atoms. The van der Waals surface area contributed by atoms with Crippen LogP contribution in [0.2, 0.25) is 0 Å². The van der Waals surface area contributed by atoms with E-state index < -0.39 is 0 Å². The molecule has 2 atom stereocenters. The predicted molar refractivity (Wildman–Crippen MR) is 79.1 cm³/mol. The van der Waals surface area contributed by atoms with Crippen LogP contribution in [-0.2, 0) is 0 Å². The van der Waals surface area contributed by atoms with E-state index in [1.54, 1.807) is 0 Å². The van der Waals surface area contributed by atoms with Gasteiger partial charge in [0.1, 0.15) is 0 Å². The number of likely N-dealkylation sites (tertiary alicyclic amines) is 1. The molecule has 2 unspecified atom stereocenters. The monoisotopic (exact) mass is 269 g/mol. The maximum Gasteiger partial charge on any atom is 0.0473 e. The first-order valence-corrected chi connectivity index (χ1v) is 8.69. The fourth-order valence-electron chi connectivity index (χ4n) is 3.85. The normalized spacial score (nSPS) is 40.0. The van der Waals surface area contributed by atoms with E-state index in [2.05, 4.69) is 28.5 Å². The van der Waals surface area contributed by atoms with Crippen LogP contribution < -0.4 is 5.73 Å². The summed E-state index contributed by atoms with van der Waals surface area (Å²) in [6.45, 7) is 6.97. The molecule has 104 valence electrons. The van der Waals surface area contributed by atoms with E-state index in [-0.39, 0.29) is 5.54 Å². The largest absolute Gasteiger partial charge is 0.329 e. The van der Waals surface area contributed by atoms with Crippen LogP contribution in [-0.4, -0.2) is 65.1 Å². The minimum Gasteiger partial charge on any atom is -0.329 e. The highest BCUT2D eigenvalue weighted by molar-refractivity contribution is 7.99. The lowest BCUT2D eigenvalue weighted by molar-refractivity contribution is 0.106. The number of nitrogens with zero attached hydrogens (tertiary/aromatic N) is 2. The lowest BCUT2D eigenvalue weighted by atomic mass is 9.93. The molecule has 3 rings (SSSR count). The van der Waals surface area contributed by atoms with Gasteiger partial charge in [0.15, 0.2) is 0 Å². The van der Waals surface area contributed by atoms with Crippen molar-refractivity contribution in [3.05, 3.63) is 0 Å². The van der Waals surface area contributed by atoms with Gasteiger partial charge in [-0.1, -0.05) is 0 Å². The highest BCUT2D eigenvalue weighted by Gasteiger charge is 2.49. The maximum atomic E-state index is 6.22. The maximum absolute atomic E-state index is 6.22. The molecule has 2 N–H and O–H groups in total. The summed E-state index contributed by atoms with van der Waals surface area (Å²) < 4.78 is 0. The Kier molecular flexibility index (Phi) is 3.90. The summed E-state index contributed by atoms with van der Waals surface area (Å²) in [5.74, 6) is 2.62. The van der Waals surface area contributed by atoms with Crippen molar-refractivity contribution in [2.45, 2.75) is 50.2 Å². The van der Waals surface area contributed by atoms with Crippen LogP contribution in [0.15, 0.2) is 0 Å². The van der Waals surface area contributed by atoms with Crippen LogP contribution >= 0.6 is 11.8 Å². The number of nitrogens with two attached hydrogens (primary N) is 1. The van der Waals surface area contributed by atoms with E-state index in [1.165, 1.54) is 56.8 Å². The Morgan fingerprint density at radius 2 is 2.11 bits per heavy atom. The summed E-state index contributed by atoms with van der Waals surface area (Å²) in [5.41, 5.74) is 6.51. The molecule has 0 bridgehead atoms. The van der Waals surface area contributed by atoms with Crippen molar-refractivity contribution in [2.24, 2.45) is 5.73 Å². The molecule has 3 aliphatic rings. The van der Waals surface area contributed by atoms with Gasteiger partial charge in [-0.15, -0.1) is 0 Å². The van der Waals surface area contributed by atoms with Gasteiger partial charge in [0.25, 0.3) is 0 Å². The molecule has 1 aliphatic carbocycles. The zero-order chi connectivity index (χ0) is 12.6. The Bertz CT molecular complexity index is 287. The molecule has 0 aromatic carbocycles. The molecule has 2 aliphatic heterocycles. The molecule has 0 aromatic rings. The highest BCUT2D eigenvalue weighted by Crippen LogP contribution is 2.39. The van der Waals surface area contributed by atoms with Crippen molar-refractivity contribution in [3.8, 4) is 0 Å². The van der Waals surface area contributed by atoms with E-state index in [0.29, 0.717) is 0 Å². The topological polar surface area (TPSA) is 32.5 Å². The standard InChI is InChI=1S/C14H27N3S/c1-12-9-14(10-15,11-17(12)13-3-4-13)16-5-2-7-18-8-6-16/h12-13H,2-11,15H2,1H3. The summed E-state index contributed by atoms with van der Waals surface area (Å²) in [6, 6.07) is 1.62. The molecule has 1 saturated carbocycles. The number of hydrogen-bond acceptors (Lipinski definition) is 4. The zero-order valence-electron chi connectivity index (χ0n) is 11.6. The number of thioether (sulfide) groups is 1.